The summed E-state index contributed by atoms with van der Waals surface area (Å²) in [5.74, 6) is -0.656. The number of hydrogen-bond acceptors (Lipinski definition) is 4. The molecule has 0 radical (unpaired) electrons. The number of rotatable bonds is 2. The molecule has 0 aromatic carbocycles. The molecule has 1 fully saturated rings. The average Bonchev–Trinajstić information content (AvgIpc) is 2.26. The third-order valence-corrected chi connectivity index (χ3v) is 2.11. The number of hydrogen-bond donors (Lipinski definition) is 2. The molecule has 1 heterocycles. The second-order valence-electron chi connectivity index (χ2n) is 4.47. The van der Waals surface area contributed by atoms with E-state index in [1.54, 1.807) is 27.7 Å². The summed E-state index contributed by atoms with van der Waals surface area (Å²) in [6.45, 7) is 6.98. The van der Waals surface area contributed by atoms with Crippen molar-refractivity contribution in [1.29, 1.82) is 0 Å². The van der Waals surface area contributed by atoms with E-state index in [9.17, 15) is 10.2 Å². The molecule has 1 rings (SSSR count). The van der Waals surface area contributed by atoms with E-state index in [1.165, 1.54) is 0 Å². The Morgan fingerprint density at radius 3 is 2.31 bits per heavy atom. The summed E-state index contributed by atoms with van der Waals surface area (Å²) in [6.07, 6.45) is -1.37. The van der Waals surface area contributed by atoms with Gasteiger partial charge in [0.05, 0.1) is 12.2 Å². The molecule has 0 aromatic heterocycles. The van der Waals surface area contributed by atoms with Gasteiger partial charge in [-0.3, -0.25) is 0 Å². The summed E-state index contributed by atoms with van der Waals surface area (Å²) in [4.78, 5) is 0. The van der Waals surface area contributed by atoms with E-state index in [0.717, 1.165) is 0 Å². The predicted molar refractivity (Wildman–Crippen MR) is 47.2 cm³/mol. The van der Waals surface area contributed by atoms with E-state index in [-0.39, 0.29) is 0 Å². The van der Waals surface area contributed by atoms with E-state index in [1.807, 2.05) is 0 Å². The van der Waals surface area contributed by atoms with Gasteiger partial charge in [0.2, 0.25) is 0 Å². The van der Waals surface area contributed by atoms with Gasteiger partial charge in [0.15, 0.2) is 5.79 Å². The first-order valence-corrected chi connectivity index (χ1v) is 4.44. The Hall–Kier alpha value is -0.160. The number of aliphatic hydroxyl groups excluding tert-OH is 1. The zero-order valence-corrected chi connectivity index (χ0v) is 8.57. The maximum absolute atomic E-state index is 9.66. The third kappa shape index (κ3) is 2.64. The molecule has 2 N–H and O–H groups in total. The Labute approximate surface area is 78.5 Å². The Morgan fingerprint density at radius 1 is 1.46 bits per heavy atom. The minimum atomic E-state index is -1.16. The van der Waals surface area contributed by atoms with Crippen molar-refractivity contribution in [2.75, 3.05) is 6.61 Å². The van der Waals surface area contributed by atoms with Crippen LogP contribution in [0.15, 0.2) is 0 Å². The molecule has 0 spiro atoms. The summed E-state index contributed by atoms with van der Waals surface area (Å²) in [5, 5.41) is 19.2. The first kappa shape index (κ1) is 10.9. The van der Waals surface area contributed by atoms with E-state index < -0.39 is 23.6 Å². The van der Waals surface area contributed by atoms with Crippen LogP contribution < -0.4 is 0 Å². The Morgan fingerprint density at radius 2 is 2.00 bits per heavy atom. The third-order valence-electron chi connectivity index (χ3n) is 2.11. The lowest BCUT2D eigenvalue weighted by Gasteiger charge is -2.29. The fourth-order valence-electron chi connectivity index (χ4n) is 1.33. The van der Waals surface area contributed by atoms with Crippen LogP contribution in [-0.4, -0.2) is 40.4 Å². The molecule has 0 unspecified atom stereocenters. The monoisotopic (exact) mass is 190 g/mol. The van der Waals surface area contributed by atoms with Crippen LogP contribution in [0, 0.1) is 0 Å². The highest BCUT2D eigenvalue weighted by atomic mass is 16.7. The van der Waals surface area contributed by atoms with Gasteiger partial charge in [0.1, 0.15) is 12.2 Å². The fraction of sp³-hybridized carbons (Fsp3) is 1.00. The Balaban J connectivity index is 2.57. The number of aliphatic hydroxyl groups is 2. The molecular weight excluding hydrogens is 172 g/mol. The zero-order chi connectivity index (χ0) is 10.3. The minimum absolute atomic E-state index is 0.318. The van der Waals surface area contributed by atoms with E-state index in [2.05, 4.69) is 0 Å². The number of ether oxygens (including phenoxy) is 2. The van der Waals surface area contributed by atoms with Crippen LogP contribution in [0.25, 0.3) is 0 Å². The molecule has 78 valence electrons. The van der Waals surface area contributed by atoms with Crippen molar-refractivity contribution in [3.63, 3.8) is 0 Å². The molecule has 0 amide bonds. The zero-order valence-electron chi connectivity index (χ0n) is 8.57. The molecular formula is C9H18O4. The highest BCUT2D eigenvalue weighted by molar-refractivity contribution is 4.87. The van der Waals surface area contributed by atoms with Gasteiger partial charge in [-0.2, -0.15) is 0 Å². The smallest absolute Gasteiger partial charge is 0.163 e. The molecule has 0 bridgehead atoms. The van der Waals surface area contributed by atoms with Crippen LogP contribution in [0.5, 0.6) is 0 Å². The highest BCUT2D eigenvalue weighted by Gasteiger charge is 2.42. The van der Waals surface area contributed by atoms with Crippen molar-refractivity contribution in [2.45, 2.75) is 51.3 Å². The molecule has 4 heteroatoms. The molecule has 0 aliphatic carbocycles. The largest absolute Gasteiger partial charge is 0.388 e. The van der Waals surface area contributed by atoms with Crippen LogP contribution in [0.2, 0.25) is 0 Å². The van der Waals surface area contributed by atoms with Crippen molar-refractivity contribution in [2.24, 2.45) is 0 Å². The van der Waals surface area contributed by atoms with E-state index >= 15 is 0 Å². The van der Waals surface area contributed by atoms with Crippen molar-refractivity contribution in [1.82, 2.24) is 0 Å². The van der Waals surface area contributed by atoms with E-state index in [4.69, 9.17) is 9.47 Å². The highest BCUT2D eigenvalue weighted by Crippen LogP contribution is 2.27. The molecule has 13 heavy (non-hydrogen) atoms. The first-order valence-electron chi connectivity index (χ1n) is 4.44. The van der Waals surface area contributed by atoms with Crippen LogP contribution in [-0.2, 0) is 9.47 Å². The fourth-order valence-corrected chi connectivity index (χ4v) is 1.33. The van der Waals surface area contributed by atoms with Gasteiger partial charge in [-0.1, -0.05) is 0 Å². The Kier molecular flexibility index (Phi) is 2.69. The van der Waals surface area contributed by atoms with Gasteiger partial charge in [0.25, 0.3) is 0 Å². The summed E-state index contributed by atoms with van der Waals surface area (Å²) < 4.78 is 10.7. The molecule has 1 aliphatic rings. The molecule has 1 aliphatic heterocycles. The maximum atomic E-state index is 9.66. The van der Waals surface area contributed by atoms with E-state index in [0.29, 0.717) is 6.61 Å². The minimum Gasteiger partial charge on any atom is -0.388 e. The first-order chi connectivity index (χ1) is 5.72. The van der Waals surface area contributed by atoms with Gasteiger partial charge >= 0.3 is 0 Å². The van der Waals surface area contributed by atoms with Crippen LogP contribution >= 0.6 is 0 Å². The van der Waals surface area contributed by atoms with Crippen molar-refractivity contribution < 1.29 is 19.7 Å². The lowest BCUT2D eigenvalue weighted by Crippen LogP contribution is -2.46. The van der Waals surface area contributed by atoms with Crippen molar-refractivity contribution in [3.8, 4) is 0 Å². The van der Waals surface area contributed by atoms with Gasteiger partial charge in [-0.05, 0) is 27.7 Å². The quantitative estimate of drug-likeness (QED) is 0.656. The van der Waals surface area contributed by atoms with Crippen molar-refractivity contribution in [3.05, 3.63) is 0 Å². The maximum Gasteiger partial charge on any atom is 0.163 e. The standard InChI is InChI=1S/C9H18O4/c1-8(2,11)7(10)6-5-12-9(3,4)13-6/h6-7,10-11H,5H2,1-4H3/t6-,7+/m0/s1. The lowest BCUT2D eigenvalue weighted by atomic mass is 9.97. The summed E-state index contributed by atoms with van der Waals surface area (Å²) >= 11 is 0. The second kappa shape index (κ2) is 3.20. The molecule has 1 saturated heterocycles. The van der Waals surface area contributed by atoms with Gasteiger partial charge in [-0.15, -0.1) is 0 Å². The summed E-state index contributed by atoms with van der Waals surface area (Å²) in [7, 11) is 0. The molecule has 0 aromatic rings. The summed E-state index contributed by atoms with van der Waals surface area (Å²) in [5.41, 5.74) is -1.16. The SMILES string of the molecule is CC1(C)OC[C@@H]([C@@H](O)C(C)(C)O)O1. The molecule has 2 atom stereocenters. The van der Waals surface area contributed by atoms with Crippen molar-refractivity contribution >= 4 is 0 Å². The van der Waals surface area contributed by atoms with Crippen LogP contribution in [0.4, 0.5) is 0 Å². The Bertz CT molecular complexity index is 183. The van der Waals surface area contributed by atoms with Crippen LogP contribution in [0.3, 0.4) is 0 Å². The molecule has 0 saturated carbocycles. The molecule has 4 nitrogen and oxygen atoms in total. The van der Waals surface area contributed by atoms with Gasteiger partial charge in [-0.25, -0.2) is 0 Å². The topological polar surface area (TPSA) is 58.9 Å². The van der Waals surface area contributed by atoms with Gasteiger partial charge < -0.3 is 19.7 Å². The average molecular weight is 190 g/mol. The predicted octanol–water partition coefficient (Wildman–Crippen LogP) is 0.270. The normalized spacial score (nSPS) is 30.5. The van der Waals surface area contributed by atoms with Crippen LogP contribution in [0.1, 0.15) is 27.7 Å². The van der Waals surface area contributed by atoms with Gasteiger partial charge in [0, 0.05) is 0 Å². The second-order valence-corrected chi connectivity index (χ2v) is 4.47. The lowest BCUT2D eigenvalue weighted by molar-refractivity contribution is -0.171. The summed E-state index contributed by atoms with van der Waals surface area (Å²) in [6, 6.07) is 0.